The van der Waals surface area contributed by atoms with Gasteiger partial charge in [-0.05, 0) is 31.5 Å². The Labute approximate surface area is 112 Å². The number of hydrogen-bond acceptors (Lipinski definition) is 3. The van der Waals surface area contributed by atoms with Crippen molar-refractivity contribution in [3.8, 4) is 0 Å². The highest BCUT2D eigenvalue weighted by atomic mass is 19.1. The van der Waals surface area contributed by atoms with Gasteiger partial charge in [-0.3, -0.25) is 10.1 Å². The van der Waals surface area contributed by atoms with Gasteiger partial charge >= 0.3 is 0 Å². The summed E-state index contributed by atoms with van der Waals surface area (Å²) < 4.78 is 18.4. The molecule has 1 aromatic rings. The number of nitrogens with one attached hydrogen (secondary N) is 1. The summed E-state index contributed by atoms with van der Waals surface area (Å²) in [4.78, 5) is 13.9. The van der Waals surface area contributed by atoms with Crippen LogP contribution in [0.1, 0.15) is 25.6 Å². The van der Waals surface area contributed by atoms with E-state index in [4.69, 9.17) is 4.74 Å². The quantitative estimate of drug-likeness (QED) is 0.901. The minimum Gasteiger partial charge on any atom is -0.383 e. The lowest BCUT2D eigenvalue weighted by Gasteiger charge is -2.30. The molecule has 1 amide bonds. The first kappa shape index (κ1) is 14.0. The molecule has 0 saturated carbocycles. The second-order valence-corrected chi connectivity index (χ2v) is 4.90. The maximum absolute atomic E-state index is 13.3. The van der Waals surface area contributed by atoms with Crippen LogP contribution in [-0.4, -0.2) is 36.6 Å². The van der Waals surface area contributed by atoms with Crippen LogP contribution in [0.15, 0.2) is 24.3 Å². The number of benzene rings is 1. The van der Waals surface area contributed by atoms with Gasteiger partial charge in [0.1, 0.15) is 12.0 Å². The Kier molecular flexibility index (Phi) is 4.17. The molecule has 104 valence electrons. The van der Waals surface area contributed by atoms with Crippen molar-refractivity contribution in [1.29, 1.82) is 0 Å². The first-order chi connectivity index (χ1) is 9.04. The van der Waals surface area contributed by atoms with E-state index in [2.05, 4.69) is 5.32 Å². The Morgan fingerprint density at radius 3 is 2.89 bits per heavy atom. The summed E-state index contributed by atoms with van der Waals surface area (Å²) in [6.45, 7) is 4.19. The van der Waals surface area contributed by atoms with Gasteiger partial charge in [-0.15, -0.1) is 0 Å². The third kappa shape index (κ3) is 2.77. The SMILES string of the molecule is COCC(C)N1C(=O)C(C)NC1c1cccc(F)c1. The molecule has 0 radical (unpaired) electrons. The van der Waals surface area contributed by atoms with Crippen LogP contribution in [0.5, 0.6) is 0 Å². The molecular formula is C14H19FN2O2. The molecule has 19 heavy (non-hydrogen) atoms. The highest BCUT2D eigenvalue weighted by Crippen LogP contribution is 2.27. The first-order valence-electron chi connectivity index (χ1n) is 6.37. The van der Waals surface area contributed by atoms with Gasteiger partial charge in [-0.2, -0.15) is 0 Å². The maximum atomic E-state index is 13.3. The minimum atomic E-state index is -0.302. The average Bonchev–Trinajstić information content (AvgIpc) is 2.66. The van der Waals surface area contributed by atoms with Crippen molar-refractivity contribution in [2.75, 3.05) is 13.7 Å². The molecular weight excluding hydrogens is 247 g/mol. The summed E-state index contributed by atoms with van der Waals surface area (Å²) in [7, 11) is 1.60. The van der Waals surface area contributed by atoms with E-state index in [9.17, 15) is 9.18 Å². The second-order valence-electron chi connectivity index (χ2n) is 4.90. The number of amides is 1. The topological polar surface area (TPSA) is 41.6 Å². The Morgan fingerprint density at radius 2 is 2.26 bits per heavy atom. The van der Waals surface area contributed by atoms with Crippen molar-refractivity contribution in [1.82, 2.24) is 10.2 Å². The van der Waals surface area contributed by atoms with Crippen LogP contribution in [-0.2, 0) is 9.53 Å². The summed E-state index contributed by atoms with van der Waals surface area (Å²) in [5.74, 6) is -0.288. The number of rotatable bonds is 4. The molecule has 2 rings (SSSR count). The molecule has 0 aliphatic carbocycles. The molecule has 0 aromatic heterocycles. The first-order valence-corrected chi connectivity index (χ1v) is 6.37. The number of halogens is 1. The number of carbonyl (C=O) groups is 1. The second kappa shape index (κ2) is 5.67. The van der Waals surface area contributed by atoms with Crippen molar-refractivity contribution < 1.29 is 13.9 Å². The monoisotopic (exact) mass is 266 g/mol. The molecule has 5 heteroatoms. The number of nitrogens with zero attached hydrogens (tertiary/aromatic N) is 1. The highest BCUT2D eigenvalue weighted by molar-refractivity contribution is 5.84. The molecule has 1 N–H and O–H groups in total. The van der Waals surface area contributed by atoms with Crippen molar-refractivity contribution in [3.05, 3.63) is 35.6 Å². The molecule has 3 atom stereocenters. The summed E-state index contributed by atoms with van der Waals surface area (Å²) in [6, 6.07) is 5.98. The summed E-state index contributed by atoms with van der Waals surface area (Å²) in [5, 5.41) is 3.19. The van der Waals surface area contributed by atoms with Gasteiger partial charge in [0.05, 0.1) is 18.7 Å². The van der Waals surface area contributed by atoms with E-state index in [1.165, 1.54) is 12.1 Å². The predicted octanol–water partition coefficient (Wildman–Crippen LogP) is 1.68. The molecule has 3 unspecified atom stereocenters. The lowest BCUT2D eigenvalue weighted by Crippen LogP contribution is -2.40. The molecule has 1 aromatic carbocycles. The van der Waals surface area contributed by atoms with Crippen LogP contribution >= 0.6 is 0 Å². The Balaban J connectivity index is 2.29. The van der Waals surface area contributed by atoms with E-state index >= 15 is 0 Å². The average molecular weight is 266 g/mol. The lowest BCUT2D eigenvalue weighted by atomic mass is 10.1. The summed E-state index contributed by atoms with van der Waals surface area (Å²) in [5.41, 5.74) is 0.751. The van der Waals surface area contributed by atoms with E-state index in [1.54, 1.807) is 18.1 Å². The third-order valence-corrected chi connectivity index (χ3v) is 3.36. The Hall–Kier alpha value is -1.46. The zero-order chi connectivity index (χ0) is 14.0. The van der Waals surface area contributed by atoms with Crippen molar-refractivity contribution in [3.63, 3.8) is 0 Å². The fourth-order valence-electron chi connectivity index (χ4n) is 2.47. The number of ether oxygens (including phenoxy) is 1. The largest absolute Gasteiger partial charge is 0.383 e. The summed E-state index contributed by atoms with van der Waals surface area (Å²) >= 11 is 0. The maximum Gasteiger partial charge on any atom is 0.241 e. The fraction of sp³-hybridized carbons (Fsp3) is 0.500. The van der Waals surface area contributed by atoms with Gasteiger partial charge in [-0.1, -0.05) is 12.1 Å². The molecule has 1 heterocycles. The normalized spacial score (nSPS) is 24.8. The van der Waals surface area contributed by atoms with Gasteiger partial charge in [0.25, 0.3) is 0 Å². The molecule has 1 fully saturated rings. The van der Waals surface area contributed by atoms with Gasteiger partial charge < -0.3 is 9.64 Å². The van der Waals surface area contributed by atoms with Crippen molar-refractivity contribution in [2.45, 2.75) is 32.1 Å². The molecule has 1 aliphatic heterocycles. The molecule has 1 saturated heterocycles. The molecule has 0 bridgehead atoms. The molecule has 0 spiro atoms. The zero-order valence-corrected chi connectivity index (χ0v) is 11.4. The minimum absolute atomic E-state index is 0.0128. The van der Waals surface area contributed by atoms with E-state index in [-0.39, 0.29) is 30.0 Å². The van der Waals surface area contributed by atoms with Gasteiger partial charge in [0.2, 0.25) is 5.91 Å². The summed E-state index contributed by atoms with van der Waals surface area (Å²) in [6.07, 6.45) is -0.302. The van der Waals surface area contributed by atoms with Crippen LogP contribution < -0.4 is 5.32 Å². The number of carbonyl (C=O) groups excluding carboxylic acids is 1. The predicted molar refractivity (Wildman–Crippen MR) is 69.9 cm³/mol. The standard InChI is InChI=1S/C14H19FN2O2/c1-9(8-19-3)17-13(16-10(2)14(17)18)11-5-4-6-12(15)7-11/h4-7,9-10,13,16H,8H2,1-3H3. The van der Waals surface area contributed by atoms with E-state index < -0.39 is 0 Å². The van der Waals surface area contributed by atoms with Crippen LogP contribution in [0.3, 0.4) is 0 Å². The third-order valence-electron chi connectivity index (χ3n) is 3.36. The highest BCUT2D eigenvalue weighted by Gasteiger charge is 2.39. The van der Waals surface area contributed by atoms with Gasteiger partial charge in [0, 0.05) is 7.11 Å². The van der Waals surface area contributed by atoms with Crippen molar-refractivity contribution in [2.24, 2.45) is 0 Å². The van der Waals surface area contributed by atoms with Gasteiger partial charge in [0.15, 0.2) is 0 Å². The van der Waals surface area contributed by atoms with E-state index in [0.29, 0.717) is 6.61 Å². The fourth-order valence-corrected chi connectivity index (χ4v) is 2.47. The van der Waals surface area contributed by atoms with E-state index in [1.807, 2.05) is 19.9 Å². The molecule has 4 nitrogen and oxygen atoms in total. The van der Waals surface area contributed by atoms with Crippen molar-refractivity contribution >= 4 is 5.91 Å². The van der Waals surface area contributed by atoms with Crippen LogP contribution in [0.4, 0.5) is 4.39 Å². The molecule has 1 aliphatic rings. The number of hydrogen-bond donors (Lipinski definition) is 1. The van der Waals surface area contributed by atoms with Crippen LogP contribution in [0.25, 0.3) is 0 Å². The van der Waals surface area contributed by atoms with E-state index in [0.717, 1.165) is 5.56 Å². The Morgan fingerprint density at radius 1 is 1.53 bits per heavy atom. The van der Waals surface area contributed by atoms with Crippen LogP contribution in [0, 0.1) is 5.82 Å². The zero-order valence-electron chi connectivity index (χ0n) is 11.4. The number of methoxy groups -OCH3 is 1. The Bertz CT molecular complexity index is 467. The van der Waals surface area contributed by atoms with Crippen LogP contribution in [0.2, 0.25) is 0 Å². The lowest BCUT2D eigenvalue weighted by molar-refractivity contribution is -0.132. The smallest absolute Gasteiger partial charge is 0.241 e. The van der Waals surface area contributed by atoms with Gasteiger partial charge in [-0.25, -0.2) is 4.39 Å².